The first-order valence-electron chi connectivity index (χ1n) is 2.80. The molecule has 1 N–H and O–H groups in total. The van der Waals surface area contributed by atoms with Crippen LogP contribution >= 0.6 is 11.8 Å². The highest BCUT2D eigenvalue weighted by Gasteiger charge is 2.22. The van der Waals surface area contributed by atoms with Crippen LogP contribution in [0.5, 0.6) is 0 Å². The fraction of sp³-hybridized carbons (Fsp3) is 0.167. The number of aliphatic hydroxyl groups is 1. The van der Waals surface area contributed by atoms with Gasteiger partial charge in [-0.25, -0.2) is 4.99 Å². The third-order valence-corrected chi connectivity index (χ3v) is 2.06. The van der Waals surface area contributed by atoms with Crippen LogP contribution in [0.1, 0.15) is 0 Å². The van der Waals surface area contributed by atoms with E-state index in [-0.39, 0.29) is 11.2 Å². The molecule has 2 heterocycles. The third kappa shape index (κ3) is 0.806. The van der Waals surface area contributed by atoms with E-state index in [4.69, 9.17) is 9.84 Å². The van der Waals surface area contributed by atoms with Gasteiger partial charge in [0.25, 0.3) is 0 Å². The summed E-state index contributed by atoms with van der Waals surface area (Å²) in [6, 6.07) is 0. The van der Waals surface area contributed by atoms with Gasteiger partial charge in [-0.05, 0) is 0 Å². The molecule has 0 amide bonds. The Kier molecular flexibility index (Phi) is 1.20. The van der Waals surface area contributed by atoms with Crippen LogP contribution in [-0.4, -0.2) is 16.1 Å². The molecular formula is C6H5NO2S. The van der Waals surface area contributed by atoms with Gasteiger partial charge in [0, 0.05) is 6.08 Å². The normalized spacial score (nSPS) is 28.6. The van der Waals surface area contributed by atoms with Crippen LogP contribution in [0.4, 0.5) is 0 Å². The molecule has 10 heavy (non-hydrogen) atoms. The number of fused-ring (bicyclic) bond motifs is 1. The van der Waals surface area contributed by atoms with E-state index in [9.17, 15) is 0 Å². The molecule has 4 heteroatoms. The highest BCUT2D eigenvalue weighted by Crippen LogP contribution is 2.30. The van der Waals surface area contributed by atoms with Gasteiger partial charge in [0.1, 0.15) is 6.26 Å². The molecule has 0 saturated carbocycles. The number of aliphatic imine (C=N–C) groups is 1. The van der Waals surface area contributed by atoms with Crippen molar-refractivity contribution in [1.29, 1.82) is 0 Å². The van der Waals surface area contributed by atoms with Gasteiger partial charge in [-0.15, -0.1) is 0 Å². The predicted molar refractivity (Wildman–Crippen MR) is 39.8 cm³/mol. The first-order chi connectivity index (χ1) is 4.86. The molecule has 0 aromatic carbocycles. The maximum atomic E-state index is 8.93. The lowest BCUT2D eigenvalue weighted by atomic mass is 10.3. The first-order valence-corrected chi connectivity index (χ1v) is 3.75. The van der Waals surface area contributed by atoms with Gasteiger partial charge >= 0.3 is 0 Å². The second-order valence-corrected chi connectivity index (χ2v) is 2.86. The molecule has 0 aromatic heterocycles. The number of rotatable bonds is 0. The molecule has 0 aromatic rings. The van der Waals surface area contributed by atoms with Gasteiger partial charge < -0.3 is 9.84 Å². The Balaban J connectivity index is 2.31. The third-order valence-electron chi connectivity index (χ3n) is 1.24. The second-order valence-electron chi connectivity index (χ2n) is 1.95. The lowest BCUT2D eigenvalue weighted by molar-refractivity contribution is 0.224. The number of hydrogen-bond donors (Lipinski definition) is 1. The Bertz CT molecular complexity index is 244. The summed E-state index contributed by atoms with van der Waals surface area (Å²) in [5.41, 5.74) is 2.46. The topological polar surface area (TPSA) is 41.8 Å². The average molecular weight is 155 g/mol. The predicted octanol–water partition coefficient (Wildman–Crippen LogP) is 1.40. The number of ether oxygens (including phenoxy) is 1. The molecule has 0 saturated heterocycles. The van der Waals surface area contributed by atoms with Crippen LogP contribution in [0.15, 0.2) is 28.8 Å². The van der Waals surface area contributed by atoms with E-state index in [2.05, 4.69) is 4.99 Å². The number of thioether (sulfide) groups is 1. The lowest BCUT2D eigenvalue weighted by Crippen LogP contribution is -2.07. The quantitative estimate of drug-likeness (QED) is 0.575. The molecule has 0 aliphatic carbocycles. The highest BCUT2D eigenvalue weighted by atomic mass is 32.2. The monoisotopic (exact) mass is 155 g/mol. The molecule has 0 fully saturated rings. The van der Waals surface area contributed by atoms with Crippen LogP contribution < -0.4 is 0 Å². The summed E-state index contributed by atoms with van der Waals surface area (Å²) < 4.78 is 5.07. The Morgan fingerprint density at radius 1 is 1.70 bits per heavy atom. The molecule has 2 rings (SSSR count). The zero-order chi connectivity index (χ0) is 6.97. The van der Waals surface area contributed by atoms with E-state index in [1.807, 2.05) is 0 Å². The van der Waals surface area contributed by atoms with Crippen molar-refractivity contribution in [2.75, 3.05) is 0 Å². The van der Waals surface area contributed by atoms with Crippen molar-refractivity contribution in [3.63, 3.8) is 0 Å². The maximum Gasteiger partial charge on any atom is 0.191 e. The van der Waals surface area contributed by atoms with Crippen molar-refractivity contribution in [3.8, 4) is 0 Å². The van der Waals surface area contributed by atoms with Crippen molar-refractivity contribution in [3.05, 3.63) is 23.8 Å². The number of nitrogens with zero attached hydrogens (tertiary/aromatic N) is 1. The molecule has 1 unspecified atom stereocenters. The van der Waals surface area contributed by atoms with Gasteiger partial charge in [0.15, 0.2) is 11.2 Å². The van der Waals surface area contributed by atoms with E-state index < -0.39 is 0 Å². The molecule has 0 spiro atoms. The van der Waals surface area contributed by atoms with Crippen molar-refractivity contribution in [1.82, 2.24) is 0 Å². The molecule has 0 radical (unpaired) electrons. The lowest BCUT2D eigenvalue weighted by Gasteiger charge is -2.12. The van der Waals surface area contributed by atoms with E-state index in [1.54, 1.807) is 11.6 Å². The zero-order valence-corrected chi connectivity index (χ0v) is 5.84. The molecule has 52 valence electrons. The minimum atomic E-state index is -0.0316. The summed E-state index contributed by atoms with van der Waals surface area (Å²) in [7, 11) is 0. The first kappa shape index (κ1) is 5.85. The number of hydrogen-bond acceptors (Lipinski definition) is 4. The van der Waals surface area contributed by atoms with Gasteiger partial charge in [0.05, 0.1) is 11.2 Å². The molecule has 3 nitrogen and oxygen atoms in total. The fourth-order valence-electron chi connectivity index (χ4n) is 0.801. The van der Waals surface area contributed by atoms with E-state index in [0.29, 0.717) is 0 Å². The molecule has 2 aliphatic heterocycles. The van der Waals surface area contributed by atoms with Crippen molar-refractivity contribution in [2.45, 2.75) is 5.44 Å². The molecule has 0 bridgehead atoms. The van der Waals surface area contributed by atoms with Crippen LogP contribution in [0, 0.1) is 0 Å². The molecule has 2 aliphatic rings. The van der Waals surface area contributed by atoms with Crippen molar-refractivity contribution < 1.29 is 9.84 Å². The van der Waals surface area contributed by atoms with E-state index in [1.165, 1.54) is 18.0 Å². The minimum absolute atomic E-state index is 0.0316. The molecule has 1 atom stereocenters. The van der Waals surface area contributed by atoms with E-state index >= 15 is 0 Å². The summed E-state index contributed by atoms with van der Waals surface area (Å²) in [6.07, 6.45) is 2.93. The van der Waals surface area contributed by atoms with Crippen LogP contribution in [-0.2, 0) is 4.74 Å². The fourth-order valence-corrected chi connectivity index (χ4v) is 1.48. The summed E-state index contributed by atoms with van der Waals surface area (Å²) >= 11 is 1.49. The Hall–Kier alpha value is -0.900. The summed E-state index contributed by atoms with van der Waals surface area (Å²) in [6.45, 7) is 0. The average Bonchev–Trinajstić information content (AvgIpc) is 2.33. The second kappa shape index (κ2) is 2.05. The van der Waals surface area contributed by atoms with Crippen molar-refractivity contribution >= 4 is 17.3 Å². The largest absolute Gasteiger partial charge is 0.505 e. The molecular weight excluding hydrogens is 150 g/mol. The smallest absolute Gasteiger partial charge is 0.191 e. The van der Waals surface area contributed by atoms with Gasteiger partial charge in [-0.3, -0.25) is 0 Å². The van der Waals surface area contributed by atoms with Crippen LogP contribution in [0.2, 0.25) is 0 Å². The van der Waals surface area contributed by atoms with Gasteiger partial charge in [0.2, 0.25) is 0 Å². The summed E-state index contributed by atoms with van der Waals surface area (Å²) in [5.74, 6) is 0.130. The number of allylic oxidation sites excluding steroid dienone is 1. The SMILES string of the molecule is OC1=COC2SC=NC2=C1. The maximum absolute atomic E-state index is 8.93. The zero-order valence-electron chi connectivity index (χ0n) is 5.02. The Morgan fingerprint density at radius 2 is 2.60 bits per heavy atom. The number of aliphatic hydroxyl groups excluding tert-OH is 1. The van der Waals surface area contributed by atoms with Crippen LogP contribution in [0.3, 0.4) is 0 Å². The minimum Gasteiger partial charge on any atom is -0.505 e. The van der Waals surface area contributed by atoms with Crippen molar-refractivity contribution in [2.24, 2.45) is 4.99 Å². The van der Waals surface area contributed by atoms with Gasteiger partial charge in [-0.1, -0.05) is 11.8 Å². The van der Waals surface area contributed by atoms with Crippen LogP contribution in [0.25, 0.3) is 0 Å². The standard InChI is InChI=1S/C6H5NO2S/c8-4-1-5-6(9-2-4)10-3-7-5/h1-3,6,8H. The summed E-state index contributed by atoms with van der Waals surface area (Å²) in [4.78, 5) is 3.98. The highest BCUT2D eigenvalue weighted by molar-refractivity contribution is 8.13. The Labute approximate surface area is 62.1 Å². The van der Waals surface area contributed by atoms with Gasteiger partial charge in [-0.2, -0.15) is 0 Å². The van der Waals surface area contributed by atoms with E-state index in [0.717, 1.165) is 5.70 Å². The Morgan fingerprint density at radius 3 is 3.50 bits per heavy atom. The summed E-state index contributed by atoms with van der Waals surface area (Å²) in [5, 5.41) is 8.93.